The van der Waals surface area contributed by atoms with Gasteiger partial charge >= 0.3 is 0 Å². The van der Waals surface area contributed by atoms with E-state index in [0.717, 1.165) is 0 Å². The molecule has 0 radical (unpaired) electrons. The number of hydrogen-bond donors (Lipinski definition) is 1. The summed E-state index contributed by atoms with van der Waals surface area (Å²) >= 11 is 3.18. The average Bonchev–Trinajstić information content (AvgIpc) is 2.50. The van der Waals surface area contributed by atoms with Crippen molar-refractivity contribution < 1.29 is 9.52 Å². The lowest BCUT2D eigenvalue weighted by atomic mass is 10.1. The predicted octanol–water partition coefficient (Wildman–Crippen LogP) is 3.80. The Hall–Kier alpha value is -2.58. The Morgan fingerprint density at radius 1 is 1.19 bits per heavy atom. The van der Waals surface area contributed by atoms with Crippen molar-refractivity contribution in [1.82, 2.24) is 0 Å². The number of phenols is 1. The number of fused-ring (bicyclic) bond motifs is 1. The molecule has 5 heteroatoms. The number of nitriles is 1. The molecular formula is C16H8BrNO3. The van der Waals surface area contributed by atoms with E-state index >= 15 is 0 Å². The normalized spacial score (nSPS) is 10.5. The summed E-state index contributed by atoms with van der Waals surface area (Å²) in [5.74, 6) is 0.294. The van der Waals surface area contributed by atoms with E-state index in [1.165, 1.54) is 18.2 Å². The van der Waals surface area contributed by atoms with Crippen LogP contribution in [0.5, 0.6) is 5.75 Å². The minimum absolute atomic E-state index is 0.0278. The van der Waals surface area contributed by atoms with Gasteiger partial charge in [0.25, 0.3) is 0 Å². The summed E-state index contributed by atoms with van der Waals surface area (Å²) in [6.45, 7) is 0. The van der Waals surface area contributed by atoms with E-state index in [2.05, 4.69) is 22.0 Å². The number of aromatic hydroxyl groups is 1. The van der Waals surface area contributed by atoms with Gasteiger partial charge in [-0.25, -0.2) is 0 Å². The van der Waals surface area contributed by atoms with Crippen LogP contribution in [-0.2, 0) is 0 Å². The number of phenolic OH excluding ortho intramolecular Hbond substituents is 1. The van der Waals surface area contributed by atoms with Gasteiger partial charge in [0.05, 0.1) is 21.5 Å². The first-order chi connectivity index (χ1) is 10.1. The van der Waals surface area contributed by atoms with Gasteiger partial charge in [0.2, 0.25) is 0 Å². The van der Waals surface area contributed by atoms with Crippen molar-refractivity contribution in [2.75, 3.05) is 0 Å². The maximum Gasteiger partial charge on any atom is 0.194 e. The molecule has 0 fully saturated rings. The lowest BCUT2D eigenvalue weighted by Crippen LogP contribution is -2.01. The SMILES string of the molecule is N#Cc1ccccc1-c1cc(=O)c2c(Br)c(O)ccc2o1. The zero-order valence-electron chi connectivity index (χ0n) is 10.6. The highest BCUT2D eigenvalue weighted by Gasteiger charge is 2.14. The molecule has 0 unspecified atom stereocenters. The Balaban J connectivity index is 2.35. The van der Waals surface area contributed by atoms with Crippen molar-refractivity contribution in [2.24, 2.45) is 0 Å². The number of halogens is 1. The van der Waals surface area contributed by atoms with Crippen molar-refractivity contribution in [3.05, 3.63) is 62.7 Å². The van der Waals surface area contributed by atoms with E-state index < -0.39 is 0 Å². The van der Waals surface area contributed by atoms with Crippen LogP contribution < -0.4 is 5.43 Å². The second-order valence-electron chi connectivity index (χ2n) is 4.40. The third-order valence-electron chi connectivity index (χ3n) is 3.12. The number of rotatable bonds is 1. The predicted molar refractivity (Wildman–Crippen MR) is 82.0 cm³/mol. The summed E-state index contributed by atoms with van der Waals surface area (Å²) in [7, 11) is 0. The lowest BCUT2D eigenvalue weighted by molar-refractivity contribution is 0.472. The van der Waals surface area contributed by atoms with Crippen molar-refractivity contribution in [2.45, 2.75) is 0 Å². The van der Waals surface area contributed by atoms with Crippen LogP contribution >= 0.6 is 15.9 Å². The van der Waals surface area contributed by atoms with E-state index in [1.807, 2.05) is 0 Å². The zero-order valence-corrected chi connectivity index (χ0v) is 12.2. The third kappa shape index (κ3) is 2.20. The second-order valence-corrected chi connectivity index (χ2v) is 5.20. The Morgan fingerprint density at radius 3 is 2.71 bits per heavy atom. The van der Waals surface area contributed by atoms with Crippen LogP contribution in [0, 0.1) is 11.3 Å². The Bertz CT molecular complexity index is 954. The summed E-state index contributed by atoms with van der Waals surface area (Å²) in [5, 5.41) is 19.0. The van der Waals surface area contributed by atoms with Gasteiger partial charge in [0.15, 0.2) is 5.43 Å². The second kappa shape index (κ2) is 5.08. The van der Waals surface area contributed by atoms with Crippen LogP contribution in [0.15, 0.2) is 56.1 Å². The standard InChI is InChI=1S/C16H8BrNO3/c17-16-11(19)5-6-13-15(16)12(20)7-14(21-13)10-4-2-1-3-9(10)8-18/h1-7,19H. The quantitative estimate of drug-likeness (QED) is 0.730. The molecule has 0 aliphatic carbocycles. The molecule has 0 aliphatic rings. The molecule has 3 rings (SSSR count). The van der Waals surface area contributed by atoms with Crippen LogP contribution in [0.3, 0.4) is 0 Å². The van der Waals surface area contributed by atoms with Gasteiger partial charge in [0.1, 0.15) is 17.1 Å². The number of hydrogen-bond acceptors (Lipinski definition) is 4. The average molecular weight is 342 g/mol. The van der Waals surface area contributed by atoms with Gasteiger partial charge in [-0.2, -0.15) is 5.26 Å². The molecule has 102 valence electrons. The van der Waals surface area contributed by atoms with Crippen molar-refractivity contribution in [3.8, 4) is 23.1 Å². The summed E-state index contributed by atoms with van der Waals surface area (Å²) in [4.78, 5) is 12.3. The Kier molecular flexibility index (Phi) is 3.24. The van der Waals surface area contributed by atoms with Crippen LogP contribution in [-0.4, -0.2) is 5.11 Å². The molecule has 0 bridgehead atoms. The first kappa shape index (κ1) is 13.4. The minimum Gasteiger partial charge on any atom is -0.507 e. The molecule has 0 atom stereocenters. The van der Waals surface area contributed by atoms with E-state index in [4.69, 9.17) is 9.68 Å². The monoisotopic (exact) mass is 341 g/mol. The topological polar surface area (TPSA) is 74.2 Å². The Labute approximate surface area is 128 Å². The largest absolute Gasteiger partial charge is 0.507 e. The molecule has 0 amide bonds. The summed E-state index contributed by atoms with van der Waals surface area (Å²) < 4.78 is 6.01. The first-order valence-electron chi connectivity index (χ1n) is 6.06. The number of nitrogens with zero attached hydrogens (tertiary/aromatic N) is 1. The molecule has 21 heavy (non-hydrogen) atoms. The minimum atomic E-state index is -0.290. The van der Waals surface area contributed by atoms with Gasteiger partial charge in [-0.1, -0.05) is 12.1 Å². The van der Waals surface area contributed by atoms with Crippen molar-refractivity contribution in [1.29, 1.82) is 5.26 Å². The smallest absolute Gasteiger partial charge is 0.194 e. The van der Waals surface area contributed by atoms with Gasteiger partial charge in [-0.05, 0) is 40.2 Å². The highest BCUT2D eigenvalue weighted by atomic mass is 79.9. The van der Waals surface area contributed by atoms with Crippen LogP contribution in [0.2, 0.25) is 0 Å². The van der Waals surface area contributed by atoms with Gasteiger partial charge in [0, 0.05) is 11.6 Å². The fourth-order valence-electron chi connectivity index (χ4n) is 2.13. The molecule has 3 aromatic rings. The van der Waals surface area contributed by atoms with E-state index in [1.54, 1.807) is 24.3 Å². The molecule has 1 aromatic heterocycles. The maximum atomic E-state index is 12.3. The molecule has 0 saturated heterocycles. The molecule has 4 nitrogen and oxygen atoms in total. The Morgan fingerprint density at radius 2 is 1.95 bits per heavy atom. The number of benzene rings is 2. The molecule has 0 saturated carbocycles. The highest BCUT2D eigenvalue weighted by molar-refractivity contribution is 9.10. The molecule has 0 aliphatic heterocycles. The maximum absolute atomic E-state index is 12.3. The fraction of sp³-hybridized carbons (Fsp3) is 0. The van der Waals surface area contributed by atoms with Crippen LogP contribution in [0.1, 0.15) is 5.56 Å². The van der Waals surface area contributed by atoms with Gasteiger partial charge in [-0.3, -0.25) is 4.79 Å². The van der Waals surface area contributed by atoms with E-state index in [9.17, 15) is 9.90 Å². The van der Waals surface area contributed by atoms with E-state index in [-0.39, 0.29) is 16.6 Å². The molecule has 2 aromatic carbocycles. The third-order valence-corrected chi connectivity index (χ3v) is 3.93. The van der Waals surface area contributed by atoms with Gasteiger partial charge < -0.3 is 9.52 Å². The van der Waals surface area contributed by atoms with E-state index in [0.29, 0.717) is 26.9 Å². The molecule has 0 spiro atoms. The van der Waals surface area contributed by atoms with Crippen molar-refractivity contribution >= 4 is 26.9 Å². The summed E-state index contributed by atoms with van der Waals surface area (Å²) in [6.07, 6.45) is 0. The van der Waals surface area contributed by atoms with Crippen LogP contribution in [0.4, 0.5) is 0 Å². The highest BCUT2D eigenvalue weighted by Crippen LogP contribution is 2.32. The van der Waals surface area contributed by atoms with Gasteiger partial charge in [-0.15, -0.1) is 0 Å². The molecule has 1 heterocycles. The zero-order chi connectivity index (χ0) is 15.0. The molecule has 1 N–H and O–H groups in total. The fourth-order valence-corrected chi connectivity index (χ4v) is 2.65. The first-order valence-corrected chi connectivity index (χ1v) is 6.86. The van der Waals surface area contributed by atoms with Crippen molar-refractivity contribution in [3.63, 3.8) is 0 Å². The molecular weight excluding hydrogens is 334 g/mol. The van der Waals surface area contributed by atoms with Crippen LogP contribution in [0.25, 0.3) is 22.3 Å². The summed E-state index contributed by atoms with van der Waals surface area (Å²) in [5.41, 5.74) is 1.04. The summed E-state index contributed by atoms with van der Waals surface area (Å²) in [6, 6.07) is 13.3. The lowest BCUT2D eigenvalue weighted by Gasteiger charge is -2.06.